The quantitative estimate of drug-likeness (QED) is 0.339. The van der Waals surface area contributed by atoms with Crippen LogP contribution in [0, 0.1) is 5.82 Å². The number of aromatic nitrogens is 2. The van der Waals surface area contributed by atoms with Gasteiger partial charge in [0.2, 0.25) is 5.43 Å². The predicted molar refractivity (Wildman–Crippen MR) is 159 cm³/mol. The van der Waals surface area contributed by atoms with E-state index in [1.165, 1.54) is 25.5 Å². The van der Waals surface area contributed by atoms with Gasteiger partial charge < -0.3 is 19.5 Å². The Morgan fingerprint density at radius 3 is 2.41 bits per heavy atom. The first kappa shape index (κ1) is 27.2. The predicted octanol–water partition coefficient (Wildman–Crippen LogP) is 5.19. The van der Waals surface area contributed by atoms with Crippen LogP contribution >= 0.6 is 11.6 Å². The van der Waals surface area contributed by atoms with Crippen LogP contribution in [0.4, 0.5) is 15.9 Å². The van der Waals surface area contributed by atoms with Gasteiger partial charge in [-0.05, 0) is 61.8 Å². The van der Waals surface area contributed by atoms with Crippen LogP contribution in [0.5, 0.6) is 0 Å². The van der Waals surface area contributed by atoms with Gasteiger partial charge >= 0.3 is 5.97 Å². The van der Waals surface area contributed by atoms with Crippen LogP contribution in [-0.2, 0) is 6.54 Å². The monoisotopic (exact) mass is 575 g/mol. The average Bonchev–Trinajstić information content (AvgIpc) is 2.99. The van der Waals surface area contributed by atoms with E-state index in [1.807, 2.05) is 47.4 Å². The van der Waals surface area contributed by atoms with Crippen LogP contribution in [0.3, 0.4) is 0 Å². The second kappa shape index (κ2) is 11.5. The first-order valence-electron chi connectivity index (χ1n) is 13.9. The maximum absolute atomic E-state index is 15.7. The van der Waals surface area contributed by atoms with Crippen molar-refractivity contribution in [2.75, 3.05) is 49.1 Å². The fourth-order valence-electron chi connectivity index (χ4n) is 5.93. The Bertz CT molecular complexity index is 1650. The summed E-state index contributed by atoms with van der Waals surface area (Å²) in [6.45, 7) is 5.09. The summed E-state index contributed by atoms with van der Waals surface area (Å²) in [5.74, 6) is -1.17. The normalized spacial score (nSPS) is 16.3. The minimum atomic E-state index is -1.37. The zero-order chi connectivity index (χ0) is 28.5. The summed E-state index contributed by atoms with van der Waals surface area (Å²) < 4.78 is 17.3. The van der Waals surface area contributed by atoms with E-state index in [0.29, 0.717) is 37.4 Å². The number of pyridine rings is 2. The first-order chi connectivity index (χ1) is 19.9. The fourth-order valence-corrected chi connectivity index (χ4v) is 6.33. The van der Waals surface area contributed by atoms with Crippen LogP contribution in [0.1, 0.15) is 35.2 Å². The lowest BCUT2D eigenvalue weighted by Crippen LogP contribution is -2.47. The summed E-state index contributed by atoms with van der Waals surface area (Å²) in [5.41, 5.74) is 1.02. The molecule has 0 bridgehead atoms. The van der Waals surface area contributed by atoms with Crippen molar-refractivity contribution in [3.63, 3.8) is 0 Å². The van der Waals surface area contributed by atoms with Crippen LogP contribution in [0.15, 0.2) is 65.7 Å². The largest absolute Gasteiger partial charge is 0.477 e. The Hall–Kier alpha value is -3.95. The van der Waals surface area contributed by atoms with E-state index >= 15 is 4.39 Å². The second-order valence-electron chi connectivity index (χ2n) is 10.6. The molecule has 2 aliphatic heterocycles. The standard InChI is InChI=1S/C31H31ClFN5O3/c32-27-28-23(18-25(33)29(27)37-15-13-36(14-16-37)26-9-2-3-10-34-26)30(39)24(31(40)41)20-38(28)22-8-6-7-21(17-22)19-35-11-4-1-5-12-35/h2-3,6-10,17-18,20H,1,4-5,11-16,19H2,(H,40,41). The third-order valence-electron chi connectivity index (χ3n) is 8.00. The van der Waals surface area contributed by atoms with E-state index < -0.39 is 22.8 Å². The van der Waals surface area contributed by atoms with Crippen LogP contribution in [0.2, 0.25) is 5.02 Å². The molecule has 4 aromatic rings. The lowest BCUT2D eigenvalue weighted by atomic mass is 10.1. The van der Waals surface area contributed by atoms with Gasteiger partial charge in [-0.2, -0.15) is 0 Å². The average molecular weight is 576 g/mol. The molecule has 0 radical (unpaired) electrons. The topological polar surface area (TPSA) is 81.9 Å². The molecule has 4 heterocycles. The molecule has 6 rings (SSSR count). The van der Waals surface area contributed by atoms with Gasteiger partial charge in [-0.15, -0.1) is 0 Å². The lowest BCUT2D eigenvalue weighted by molar-refractivity contribution is 0.0695. The smallest absolute Gasteiger partial charge is 0.341 e. The molecule has 2 aromatic heterocycles. The molecule has 8 nitrogen and oxygen atoms in total. The highest BCUT2D eigenvalue weighted by atomic mass is 35.5. The number of anilines is 2. The van der Waals surface area contributed by atoms with E-state index in [4.69, 9.17) is 11.6 Å². The van der Waals surface area contributed by atoms with Crippen LogP contribution < -0.4 is 15.2 Å². The number of rotatable bonds is 6. The molecule has 0 spiro atoms. The number of hydrogen-bond donors (Lipinski definition) is 1. The van der Waals surface area contributed by atoms with Gasteiger partial charge in [-0.1, -0.05) is 36.2 Å². The number of hydrogen-bond acceptors (Lipinski definition) is 6. The third-order valence-corrected chi connectivity index (χ3v) is 8.36. The molecule has 2 aromatic carbocycles. The SMILES string of the molecule is O=C(O)c1cn(-c2cccc(CN3CCCCC3)c2)c2c(Cl)c(N3CCN(c4ccccn4)CC3)c(F)cc2c1=O. The van der Waals surface area contributed by atoms with E-state index in [2.05, 4.69) is 14.8 Å². The molecular formula is C31H31ClFN5O3. The molecule has 41 heavy (non-hydrogen) atoms. The number of benzene rings is 2. The van der Waals surface area contributed by atoms with E-state index in [-0.39, 0.29) is 16.1 Å². The Labute approximate surface area is 242 Å². The number of fused-ring (bicyclic) bond motifs is 1. The van der Waals surface area contributed by atoms with Crippen molar-refractivity contribution in [3.05, 3.63) is 93.1 Å². The molecule has 212 valence electrons. The van der Waals surface area contributed by atoms with Gasteiger partial charge in [-0.25, -0.2) is 14.2 Å². The highest BCUT2D eigenvalue weighted by Crippen LogP contribution is 2.37. The van der Waals surface area contributed by atoms with E-state index in [9.17, 15) is 14.7 Å². The second-order valence-corrected chi connectivity index (χ2v) is 11.0. The Balaban J connectivity index is 1.42. The van der Waals surface area contributed by atoms with Crippen LogP contribution in [0.25, 0.3) is 16.6 Å². The minimum absolute atomic E-state index is 0.0651. The van der Waals surface area contributed by atoms with Gasteiger partial charge in [0.05, 0.1) is 21.6 Å². The van der Waals surface area contributed by atoms with Crippen molar-refractivity contribution < 1.29 is 14.3 Å². The molecular weight excluding hydrogens is 545 g/mol. The van der Waals surface area contributed by atoms with Crippen molar-refractivity contribution in [2.24, 2.45) is 0 Å². The zero-order valence-corrected chi connectivity index (χ0v) is 23.4. The summed E-state index contributed by atoms with van der Waals surface area (Å²) >= 11 is 6.96. The van der Waals surface area contributed by atoms with E-state index in [1.54, 1.807) is 10.8 Å². The summed E-state index contributed by atoms with van der Waals surface area (Å²) in [6, 6.07) is 14.6. The Kier molecular flexibility index (Phi) is 7.64. The van der Waals surface area contributed by atoms with Crippen molar-refractivity contribution >= 4 is 40.0 Å². The number of nitrogens with zero attached hydrogens (tertiary/aromatic N) is 5. The minimum Gasteiger partial charge on any atom is -0.477 e. The van der Waals surface area contributed by atoms with Gasteiger partial charge in [-0.3, -0.25) is 9.69 Å². The van der Waals surface area contributed by atoms with Gasteiger partial charge in [0.15, 0.2) is 0 Å². The van der Waals surface area contributed by atoms with Crippen molar-refractivity contribution in [1.82, 2.24) is 14.5 Å². The van der Waals surface area contributed by atoms with E-state index in [0.717, 1.165) is 37.1 Å². The highest BCUT2D eigenvalue weighted by Gasteiger charge is 2.27. The molecule has 2 saturated heterocycles. The third kappa shape index (κ3) is 5.39. The van der Waals surface area contributed by atoms with Gasteiger partial charge in [0.1, 0.15) is 17.2 Å². The molecule has 2 fully saturated rings. The molecule has 1 N–H and O–H groups in total. The number of carboxylic acid groups (broad SMARTS) is 1. The van der Waals surface area contributed by atoms with Gasteiger partial charge in [0.25, 0.3) is 0 Å². The number of carbonyl (C=O) groups is 1. The maximum atomic E-state index is 15.7. The van der Waals surface area contributed by atoms with Crippen LogP contribution in [-0.4, -0.2) is 64.8 Å². The van der Waals surface area contributed by atoms with Gasteiger partial charge in [0, 0.05) is 50.8 Å². The Morgan fingerprint density at radius 2 is 1.71 bits per heavy atom. The number of carboxylic acids is 1. The maximum Gasteiger partial charge on any atom is 0.341 e. The molecule has 2 aliphatic rings. The fraction of sp³-hybridized carbons (Fsp3) is 0.323. The number of likely N-dealkylation sites (tertiary alicyclic amines) is 1. The van der Waals surface area contributed by atoms with Crippen molar-refractivity contribution in [1.29, 1.82) is 0 Å². The number of halogens is 2. The highest BCUT2D eigenvalue weighted by molar-refractivity contribution is 6.38. The molecule has 0 atom stereocenters. The molecule has 0 aliphatic carbocycles. The summed E-state index contributed by atoms with van der Waals surface area (Å²) in [7, 11) is 0. The Morgan fingerprint density at radius 1 is 0.951 bits per heavy atom. The number of aromatic carboxylic acids is 1. The first-order valence-corrected chi connectivity index (χ1v) is 14.3. The summed E-state index contributed by atoms with van der Waals surface area (Å²) in [5, 5.41) is 9.84. The molecule has 0 unspecified atom stereocenters. The number of piperidine rings is 1. The van der Waals surface area contributed by atoms with Crippen molar-refractivity contribution in [2.45, 2.75) is 25.8 Å². The zero-order valence-electron chi connectivity index (χ0n) is 22.6. The molecule has 0 amide bonds. The summed E-state index contributed by atoms with van der Waals surface area (Å²) in [4.78, 5) is 36.1. The van der Waals surface area contributed by atoms with Crippen molar-refractivity contribution in [3.8, 4) is 5.69 Å². The molecule has 0 saturated carbocycles. The molecule has 10 heteroatoms. The lowest BCUT2D eigenvalue weighted by Gasteiger charge is -2.37. The summed E-state index contributed by atoms with van der Waals surface area (Å²) in [6.07, 6.45) is 6.64. The number of piperazine rings is 1.